The Labute approximate surface area is 102 Å². The summed E-state index contributed by atoms with van der Waals surface area (Å²) in [7, 11) is 0. The lowest BCUT2D eigenvalue weighted by Gasteiger charge is -2.25. The molecular formula is C13H20FNO2. The average Bonchev–Trinajstić information content (AvgIpc) is 2.28. The maximum absolute atomic E-state index is 13.0. The normalized spacial score (nSPS) is 13.1. The first kappa shape index (κ1) is 14.1. The number of halogens is 1. The summed E-state index contributed by atoms with van der Waals surface area (Å²) in [5, 5.41) is 0. The molecule has 0 aromatic heterocycles. The summed E-state index contributed by atoms with van der Waals surface area (Å²) in [6.07, 6.45) is -0.492. The van der Waals surface area contributed by atoms with Gasteiger partial charge in [-0.3, -0.25) is 0 Å². The number of ether oxygens (including phenoxy) is 2. The predicted octanol–water partition coefficient (Wildman–Crippen LogP) is 2.53. The molecule has 4 heteroatoms. The van der Waals surface area contributed by atoms with Crippen LogP contribution in [0.4, 0.5) is 4.39 Å². The minimum atomic E-state index is -0.492. The summed E-state index contributed by atoms with van der Waals surface area (Å²) < 4.78 is 23.9. The molecule has 1 atom stereocenters. The van der Waals surface area contributed by atoms with Gasteiger partial charge in [-0.15, -0.1) is 0 Å². The lowest BCUT2D eigenvalue weighted by atomic mass is 10.0. The second-order valence-electron chi connectivity index (χ2n) is 3.81. The molecule has 0 bridgehead atoms. The van der Waals surface area contributed by atoms with Crippen LogP contribution in [0.1, 0.15) is 31.0 Å². The van der Waals surface area contributed by atoms with Crippen molar-refractivity contribution in [3.8, 4) is 0 Å². The molecule has 96 valence electrons. The molecule has 0 aliphatic rings. The van der Waals surface area contributed by atoms with Crippen LogP contribution in [-0.4, -0.2) is 19.5 Å². The van der Waals surface area contributed by atoms with Crippen molar-refractivity contribution in [1.82, 2.24) is 0 Å². The van der Waals surface area contributed by atoms with Crippen molar-refractivity contribution in [2.75, 3.05) is 13.2 Å². The van der Waals surface area contributed by atoms with Crippen molar-refractivity contribution >= 4 is 0 Å². The summed E-state index contributed by atoms with van der Waals surface area (Å²) >= 11 is 0. The van der Waals surface area contributed by atoms with E-state index in [1.807, 2.05) is 20.8 Å². The van der Waals surface area contributed by atoms with Crippen LogP contribution in [0.25, 0.3) is 0 Å². The van der Waals surface area contributed by atoms with Crippen LogP contribution in [0.5, 0.6) is 0 Å². The molecule has 1 unspecified atom stereocenters. The van der Waals surface area contributed by atoms with Gasteiger partial charge in [0, 0.05) is 13.2 Å². The Morgan fingerprint density at radius 3 is 2.29 bits per heavy atom. The monoisotopic (exact) mass is 241 g/mol. The number of benzene rings is 1. The highest BCUT2D eigenvalue weighted by molar-refractivity contribution is 5.29. The Morgan fingerprint density at radius 1 is 1.24 bits per heavy atom. The van der Waals surface area contributed by atoms with Crippen LogP contribution in [0, 0.1) is 12.7 Å². The highest BCUT2D eigenvalue weighted by Gasteiger charge is 2.21. The van der Waals surface area contributed by atoms with Crippen molar-refractivity contribution in [3.63, 3.8) is 0 Å². The molecule has 0 heterocycles. The van der Waals surface area contributed by atoms with Gasteiger partial charge in [0.05, 0.1) is 6.04 Å². The topological polar surface area (TPSA) is 44.5 Å². The van der Waals surface area contributed by atoms with Gasteiger partial charge in [-0.05, 0) is 44.0 Å². The number of hydrogen-bond donors (Lipinski definition) is 1. The molecule has 2 N–H and O–H groups in total. The zero-order chi connectivity index (χ0) is 12.8. The molecular weight excluding hydrogens is 221 g/mol. The number of hydrogen-bond acceptors (Lipinski definition) is 3. The smallest absolute Gasteiger partial charge is 0.176 e. The molecule has 1 aromatic carbocycles. The maximum atomic E-state index is 13.0. The highest BCUT2D eigenvalue weighted by atomic mass is 19.1. The third kappa shape index (κ3) is 3.77. The zero-order valence-corrected chi connectivity index (χ0v) is 10.6. The van der Waals surface area contributed by atoms with Gasteiger partial charge in [0.15, 0.2) is 6.29 Å². The lowest BCUT2D eigenvalue weighted by molar-refractivity contribution is -0.149. The van der Waals surface area contributed by atoms with Gasteiger partial charge in [-0.1, -0.05) is 6.07 Å². The Bertz CT molecular complexity index is 351. The SMILES string of the molecule is CCOC(OCC)C(N)c1ccc(F)cc1C. The van der Waals surface area contributed by atoms with Gasteiger partial charge >= 0.3 is 0 Å². The molecule has 1 aromatic rings. The minimum Gasteiger partial charge on any atom is -0.351 e. The molecule has 1 rings (SSSR count). The van der Waals surface area contributed by atoms with Crippen molar-refractivity contribution in [1.29, 1.82) is 0 Å². The number of rotatable bonds is 6. The first-order valence-corrected chi connectivity index (χ1v) is 5.85. The van der Waals surface area contributed by atoms with Gasteiger partial charge in [0.25, 0.3) is 0 Å². The Kier molecular flexibility index (Phi) is 5.55. The predicted molar refractivity (Wildman–Crippen MR) is 65.1 cm³/mol. The van der Waals surface area contributed by atoms with Gasteiger partial charge in [-0.25, -0.2) is 4.39 Å². The first-order valence-electron chi connectivity index (χ1n) is 5.85. The van der Waals surface area contributed by atoms with Gasteiger partial charge in [-0.2, -0.15) is 0 Å². The van der Waals surface area contributed by atoms with E-state index in [4.69, 9.17) is 15.2 Å². The summed E-state index contributed by atoms with van der Waals surface area (Å²) in [4.78, 5) is 0. The van der Waals surface area contributed by atoms with Crippen LogP contribution in [0.3, 0.4) is 0 Å². The average molecular weight is 241 g/mol. The Balaban J connectivity index is 2.88. The molecule has 3 nitrogen and oxygen atoms in total. The largest absolute Gasteiger partial charge is 0.351 e. The van der Waals surface area contributed by atoms with E-state index in [0.29, 0.717) is 13.2 Å². The van der Waals surface area contributed by atoms with Crippen LogP contribution >= 0.6 is 0 Å². The second-order valence-corrected chi connectivity index (χ2v) is 3.81. The van der Waals surface area contributed by atoms with E-state index in [9.17, 15) is 4.39 Å². The molecule has 0 saturated carbocycles. The molecule has 0 spiro atoms. The molecule has 0 aliphatic carbocycles. The van der Waals surface area contributed by atoms with Crippen LogP contribution in [0.15, 0.2) is 18.2 Å². The van der Waals surface area contributed by atoms with E-state index < -0.39 is 12.3 Å². The van der Waals surface area contributed by atoms with Crippen molar-refractivity contribution in [3.05, 3.63) is 35.1 Å². The zero-order valence-electron chi connectivity index (χ0n) is 10.6. The molecule has 0 amide bonds. The summed E-state index contributed by atoms with van der Waals surface area (Å²) in [6.45, 7) is 6.65. The first-order chi connectivity index (χ1) is 8.10. The molecule has 0 saturated heterocycles. The van der Waals surface area contributed by atoms with E-state index in [2.05, 4.69) is 0 Å². The third-order valence-electron chi connectivity index (χ3n) is 2.55. The van der Waals surface area contributed by atoms with E-state index in [-0.39, 0.29) is 5.82 Å². The summed E-state index contributed by atoms with van der Waals surface area (Å²) in [5.74, 6) is -0.261. The molecule has 17 heavy (non-hydrogen) atoms. The Morgan fingerprint density at radius 2 is 1.82 bits per heavy atom. The maximum Gasteiger partial charge on any atom is 0.176 e. The fourth-order valence-electron chi connectivity index (χ4n) is 1.74. The number of nitrogens with two attached hydrogens (primary N) is 1. The highest BCUT2D eigenvalue weighted by Crippen LogP contribution is 2.22. The van der Waals surface area contributed by atoms with Gasteiger partial charge in [0.2, 0.25) is 0 Å². The van der Waals surface area contributed by atoms with Crippen molar-refractivity contribution in [2.45, 2.75) is 33.1 Å². The van der Waals surface area contributed by atoms with Crippen LogP contribution in [-0.2, 0) is 9.47 Å². The summed E-state index contributed by atoms with van der Waals surface area (Å²) in [5.41, 5.74) is 7.74. The van der Waals surface area contributed by atoms with Crippen LogP contribution < -0.4 is 5.73 Å². The number of aryl methyl sites for hydroxylation is 1. The fourth-order valence-corrected chi connectivity index (χ4v) is 1.74. The molecule has 0 radical (unpaired) electrons. The van der Waals surface area contributed by atoms with E-state index in [0.717, 1.165) is 11.1 Å². The second kappa shape index (κ2) is 6.69. The molecule has 0 fully saturated rings. The molecule has 0 aliphatic heterocycles. The van der Waals surface area contributed by atoms with Crippen molar-refractivity contribution in [2.24, 2.45) is 5.73 Å². The Hall–Kier alpha value is -0.970. The fraction of sp³-hybridized carbons (Fsp3) is 0.538. The standard InChI is InChI=1S/C13H20FNO2/c1-4-16-13(17-5-2)12(15)11-7-6-10(14)8-9(11)3/h6-8,12-13H,4-5,15H2,1-3H3. The van der Waals surface area contributed by atoms with E-state index in [1.54, 1.807) is 6.07 Å². The minimum absolute atomic E-state index is 0.261. The van der Waals surface area contributed by atoms with Crippen LogP contribution in [0.2, 0.25) is 0 Å². The third-order valence-corrected chi connectivity index (χ3v) is 2.55. The quantitative estimate of drug-likeness (QED) is 0.778. The van der Waals surface area contributed by atoms with E-state index >= 15 is 0 Å². The van der Waals surface area contributed by atoms with Gasteiger partial charge in [0.1, 0.15) is 5.82 Å². The van der Waals surface area contributed by atoms with Gasteiger partial charge < -0.3 is 15.2 Å². The van der Waals surface area contributed by atoms with E-state index in [1.165, 1.54) is 12.1 Å². The van der Waals surface area contributed by atoms with Crippen molar-refractivity contribution < 1.29 is 13.9 Å². The lowest BCUT2D eigenvalue weighted by Crippen LogP contribution is -2.32. The summed E-state index contributed by atoms with van der Waals surface area (Å²) in [6, 6.07) is 4.14.